The molecule has 0 unspecified atom stereocenters. The Morgan fingerprint density at radius 3 is 2.86 bits per heavy atom. The third kappa shape index (κ3) is 2.48. The summed E-state index contributed by atoms with van der Waals surface area (Å²) < 4.78 is 1.25. The number of allylic oxidation sites excluding steroid dienone is 6. The summed E-state index contributed by atoms with van der Waals surface area (Å²) in [6.07, 6.45) is 11.4. The minimum atomic E-state index is -0.394. The zero-order chi connectivity index (χ0) is 15.9. The smallest absolute Gasteiger partial charge is 0.264 e. The Labute approximate surface area is 131 Å². The van der Waals surface area contributed by atoms with Gasteiger partial charge in [-0.25, -0.2) is 0 Å². The van der Waals surface area contributed by atoms with Gasteiger partial charge in [0.1, 0.15) is 5.56 Å². The van der Waals surface area contributed by atoms with Gasteiger partial charge in [0, 0.05) is 5.41 Å². The van der Waals surface area contributed by atoms with Gasteiger partial charge in [-0.2, -0.15) is 9.50 Å². The molecule has 22 heavy (non-hydrogen) atoms. The molecule has 1 aliphatic carbocycles. The van der Waals surface area contributed by atoms with E-state index >= 15 is 0 Å². The molecular weight excluding hydrogens is 300 g/mol. The number of H-pyrrole nitrogens is 1. The van der Waals surface area contributed by atoms with Crippen LogP contribution < -0.4 is 5.56 Å². The van der Waals surface area contributed by atoms with E-state index < -0.39 is 5.56 Å². The molecule has 0 fully saturated rings. The van der Waals surface area contributed by atoms with Crippen molar-refractivity contribution < 1.29 is 5.11 Å². The van der Waals surface area contributed by atoms with Crippen molar-refractivity contribution in [2.75, 3.05) is 6.26 Å². The average molecular weight is 316 g/mol. The molecule has 0 radical (unpaired) electrons. The number of nitrogens with zero attached hydrogens (tertiary/aromatic N) is 3. The minimum absolute atomic E-state index is 0.107. The van der Waals surface area contributed by atoms with Gasteiger partial charge in [0.25, 0.3) is 5.56 Å². The zero-order valence-corrected chi connectivity index (χ0v) is 13.3. The van der Waals surface area contributed by atoms with Crippen LogP contribution in [0.1, 0.15) is 19.4 Å². The molecule has 7 heteroatoms. The lowest BCUT2D eigenvalue weighted by Crippen LogP contribution is -2.15. The molecule has 0 saturated heterocycles. The lowest BCUT2D eigenvalue weighted by molar-refractivity contribution is 0.431. The molecule has 1 aliphatic rings. The second-order valence-corrected chi connectivity index (χ2v) is 6.40. The number of aromatic hydroxyl groups is 1. The van der Waals surface area contributed by atoms with Gasteiger partial charge in [-0.1, -0.05) is 56.0 Å². The highest BCUT2D eigenvalue weighted by Gasteiger charge is 2.19. The Balaban J connectivity index is 2.21. The van der Waals surface area contributed by atoms with Crippen LogP contribution in [-0.4, -0.2) is 30.9 Å². The fourth-order valence-electron chi connectivity index (χ4n) is 2.22. The fourth-order valence-corrected chi connectivity index (χ4v) is 2.56. The van der Waals surface area contributed by atoms with Gasteiger partial charge in [-0.3, -0.25) is 9.78 Å². The molecular formula is C15H16N4O2S. The third-order valence-corrected chi connectivity index (χ3v) is 3.97. The summed E-state index contributed by atoms with van der Waals surface area (Å²) in [6.45, 7) is 4.12. The molecule has 114 valence electrons. The Morgan fingerprint density at radius 1 is 1.36 bits per heavy atom. The van der Waals surface area contributed by atoms with Crippen LogP contribution >= 0.6 is 11.8 Å². The Morgan fingerprint density at radius 2 is 2.14 bits per heavy atom. The highest BCUT2D eigenvalue weighted by molar-refractivity contribution is 7.98. The van der Waals surface area contributed by atoms with E-state index in [0.717, 1.165) is 0 Å². The van der Waals surface area contributed by atoms with Crippen LogP contribution in [0, 0.1) is 5.41 Å². The predicted molar refractivity (Wildman–Crippen MR) is 87.1 cm³/mol. The molecule has 0 amide bonds. The third-order valence-electron chi connectivity index (χ3n) is 3.43. The summed E-state index contributed by atoms with van der Waals surface area (Å²) in [4.78, 5) is 19.1. The van der Waals surface area contributed by atoms with E-state index in [1.165, 1.54) is 16.3 Å². The standard InChI is InChI=1S/C15H16N4O2S/c1-15(2)7-4-5-9(6-8-15)10-11(20)16-13-17-14(22-3)18-19(13)12(10)21/h4-8,21H,1-3H3,(H,16,17,18,20). The first-order chi connectivity index (χ1) is 10.4. The summed E-state index contributed by atoms with van der Waals surface area (Å²) in [5.74, 6) is 0.0141. The fraction of sp³-hybridized carbons (Fsp3) is 0.267. The largest absolute Gasteiger partial charge is 0.493 e. The van der Waals surface area contributed by atoms with Crippen molar-refractivity contribution in [3.8, 4) is 5.88 Å². The van der Waals surface area contributed by atoms with E-state index in [0.29, 0.717) is 10.7 Å². The number of hydrogen-bond acceptors (Lipinski definition) is 5. The van der Waals surface area contributed by atoms with E-state index in [-0.39, 0.29) is 22.6 Å². The average Bonchev–Trinajstić information content (AvgIpc) is 2.78. The number of fused-ring (bicyclic) bond motifs is 1. The van der Waals surface area contributed by atoms with Crippen LogP contribution in [0.5, 0.6) is 5.88 Å². The molecule has 0 aliphatic heterocycles. The molecule has 2 N–H and O–H groups in total. The highest BCUT2D eigenvalue weighted by atomic mass is 32.2. The number of nitrogens with one attached hydrogen (secondary N) is 1. The molecule has 3 rings (SSSR count). The summed E-state index contributed by atoms with van der Waals surface area (Å²) in [5, 5.41) is 15.1. The number of aromatic nitrogens is 4. The van der Waals surface area contributed by atoms with Crippen molar-refractivity contribution in [3.05, 3.63) is 46.3 Å². The summed E-state index contributed by atoms with van der Waals surface area (Å²) in [6, 6.07) is 0. The van der Waals surface area contributed by atoms with Crippen molar-refractivity contribution in [3.63, 3.8) is 0 Å². The highest BCUT2D eigenvalue weighted by Crippen LogP contribution is 2.29. The van der Waals surface area contributed by atoms with Gasteiger partial charge in [-0.15, -0.1) is 5.10 Å². The van der Waals surface area contributed by atoms with Crippen molar-refractivity contribution in [1.82, 2.24) is 19.6 Å². The second kappa shape index (κ2) is 5.17. The van der Waals surface area contributed by atoms with Crippen molar-refractivity contribution in [1.29, 1.82) is 0 Å². The van der Waals surface area contributed by atoms with Gasteiger partial charge in [0.05, 0.1) is 0 Å². The lowest BCUT2D eigenvalue weighted by atomic mass is 9.93. The number of hydrogen-bond donors (Lipinski definition) is 2. The van der Waals surface area contributed by atoms with E-state index in [1.807, 2.05) is 30.6 Å². The lowest BCUT2D eigenvalue weighted by Gasteiger charge is -2.12. The molecule has 0 saturated carbocycles. The SMILES string of the molecule is CSc1nc2[nH]c(=O)c(C3=CC=CC(C)(C)C=C3)c(O)n2n1. The number of aromatic amines is 1. The Hall–Kier alpha value is -2.28. The van der Waals surface area contributed by atoms with E-state index in [4.69, 9.17) is 0 Å². The monoisotopic (exact) mass is 316 g/mol. The van der Waals surface area contributed by atoms with Crippen LogP contribution in [0.3, 0.4) is 0 Å². The normalized spacial score (nSPS) is 16.8. The second-order valence-electron chi connectivity index (χ2n) is 5.62. The summed E-state index contributed by atoms with van der Waals surface area (Å²) in [5.41, 5.74) is 0.311. The van der Waals surface area contributed by atoms with Gasteiger partial charge in [0.15, 0.2) is 0 Å². The maximum atomic E-state index is 12.3. The van der Waals surface area contributed by atoms with Crippen LogP contribution in [-0.2, 0) is 0 Å². The summed E-state index contributed by atoms with van der Waals surface area (Å²) >= 11 is 1.34. The molecule has 2 heterocycles. The van der Waals surface area contributed by atoms with E-state index in [1.54, 1.807) is 6.08 Å². The van der Waals surface area contributed by atoms with E-state index in [9.17, 15) is 9.90 Å². The predicted octanol–water partition coefficient (Wildman–Crippen LogP) is 2.38. The van der Waals surface area contributed by atoms with Gasteiger partial charge in [0.2, 0.25) is 16.8 Å². The topological polar surface area (TPSA) is 83.3 Å². The quantitative estimate of drug-likeness (QED) is 0.831. The first-order valence-electron chi connectivity index (χ1n) is 6.76. The van der Waals surface area contributed by atoms with Gasteiger partial charge >= 0.3 is 0 Å². The van der Waals surface area contributed by atoms with Crippen LogP contribution in [0.25, 0.3) is 11.4 Å². The molecule has 0 atom stereocenters. The van der Waals surface area contributed by atoms with Crippen LogP contribution in [0.4, 0.5) is 0 Å². The van der Waals surface area contributed by atoms with Crippen LogP contribution in [0.2, 0.25) is 0 Å². The molecule has 6 nitrogen and oxygen atoms in total. The Kier molecular flexibility index (Phi) is 3.44. The van der Waals surface area contributed by atoms with Gasteiger partial charge < -0.3 is 5.11 Å². The number of rotatable bonds is 2. The maximum absolute atomic E-state index is 12.3. The van der Waals surface area contributed by atoms with Crippen molar-refractivity contribution >= 4 is 23.1 Å². The van der Waals surface area contributed by atoms with Gasteiger partial charge in [-0.05, 0) is 11.8 Å². The first kappa shape index (κ1) is 14.6. The summed E-state index contributed by atoms with van der Waals surface area (Å²) in [7, 11) is 0. The molecule has 0 aromatic carbocycles. The van der Waals surface area contributed by atoms with Crippen LogP contribution in [0.15, 0.2) is 40.3 Å². The molecule has 0 spiro atoms. The maximum Gasteiger partial charge on any atom is 0.264 e. The number of thioether (sulfide) groups is 1. The first-order valence-corrected chi connectivity index (χ1v) is 7.99. The molecule has 2 aromatic rings. The zero-order valence-electron chi connectivity index (χ0n) is 12.5. The van der Waals surface area contributed by atoms with Crippen molar-refractivity contribution in [2.24, 2.45) is 5.41 Å². The van der Waals surface area contributed by atoms with E-state index in [2.05, 4.69) is 28.9 Å². The van der Waals surface area contributed by atoms with Crippen molar-refractivity contribution in [2.45, 2.75) is 19.0 Å². The minimum Gasteiger partial charge on any atom is -0.493 e. The molecule has 2 aromatic heterocycles. The molecule has 0 bridgehead atoms. The Bertz CT molecular complexity index is 887.